The molecular weight excluding hydrogens is 282 g/mol. The number of carboxylic acid groups (broad SMARTS) is 1. The van der Waals surface area contributed by atoms with E-state index in [1.54, 1.807) is 0 Å². The summed E-state index contributed by atoms with van der Waals surface area (Å²) >= 11 is 0. The van der Waals surface area contributed by atoms with E-state index in [0.29, 0.717) is 0 Å². The van der Waals surface area contributed by atoms with Gasteiger partial charge in [0.25, 0.3) is 0 Å². The Kier molecular flexibility index (Phi) is 5.65. The summed E-state index contributed by atoms with van der Waals surface area (Å²) in [6.45, 7) is 1.32. The van der Waals surface area contributed by atoms with Gasteiger partial charge in [0.15, 0.2) is 0 Å². The lowest BCUT2D eigenvalue weighted by molar-refractivity contribution is -0.139. The summed E-state index contributed by atoms with van der Waals surface area (Å²) in [5.74, 6) is -2.96. The number of β-amino-alcohol motifs (C(OH)–C–C–N with tert-alkyl or cyclic N) is 1. The van der Waals surface area contributed by atoms with E-state index in [-0.39, 0.29) is 31.7 Å². The van der Waals surface area contributed by atoms with Gasteiger partial charge in [0.05, 0.1) is 6.10 Å². The van der Waals surface area contributed by atoms with Crippen LogP contribution >= 0.6 is 0 Å². The number of carboxylic acids is 1. The number of carbonyl (C=O) groups is 4. The summed E-state index contributed by atoms with van der Waals surface area (Å²) in [5, 5.41) is 20.5. The first-order valence-corrected chi connectivity index (χ1v) is 6.49. The van der Waals surface area contributed by atoms with Gasteiger partial charge in [0.2, 0.25) is 17.7 Å². The lowest BCUT2D eigenvalue weighted by atomic mass is 10.1. The highest BCUT2D eigenvalue weighted by Gasteiger charge is 2.38. The Bertz CT molecular complexity index is 452. The van der Waals surface area contributed by atoms with Gasteiger partial charge < -0.3 is 26.2 Å². The Morgan fingerprint density at radius 3 is 2.48 bits per heavy atom. The van der Waals surface area contributed by atoms with Crippen LogP contribution in [-0.2, 0) is 19.2 Å². The lowest BCUT2D eigenvalue weighted by Gasteiger charge is -2.24. The number of nitrogens with one attached hydrogen (secondary N) is 1. The smallest absolute Gasteiger partial charge is 0.303 e. The fourth-order valence-electron chi connectivity index (χ4n) is 2.23. The molecule has 0 saturated carbocycles. The number of aliphatic hydroxyl groups excluding tert-OH is 1. The molecule has 118 valence electrons. The van der Waals surface area contributed by atoms with E-state index in [1.807, 2.05) is 0 Å². The lowest BCUT2D eigenvalue weighted by Crippen LogP contribution is -2.52. The van der Waals surface area contributed by atoms with Crippen molar-refractivity contribution in [3.05, 3.63) is 0 Å². The number of primary amides is 1. The second kappa shape index (κ2) is 7.02. The van der Waals surface area contributed by atoms with E-state index < -0.39 is 36.0 Å². The Morgan fingerprint density at radius 2 is 2.00 bits per heavy atom. The van der Waals surface area contributed by atoms with Gasteiger partial charge in [-0.05, 0) is 6.42 Å². The topological polar surface area (TPSA) is 150 Å². The number of hydrogen-bond donors (Lipinski definition) is 4. The minimum absolute atomic E-state index is 0.0454. The van der Waals surface area contributed by atoms with Crippen molar-refractivity contribution >= 4 is 23.7 Å². The van der Waals surface area contributed by atoms with Gasteiger partial charge in [0.1, 0.15) is 12.1 Å². The summed E-state index contributed by atoms with van der Waals surface area (Å²) in [6, 6.07) is -2.01. The van der Waals surface area contributed by atoms with Crippen LogP contribution in [0.25, 0.3) is 0 Å². The molecule has 1 saturated heterocycles. The molecule has 9 nitrogen and oxygen atoms in total. The minimum atomic E-state index is -1.12. The summed E-state index contributed by atoms with van der Waals surface area (Å²) in [5.41, 5.74) is 5.12. The third-order valence-corrected chi connectivity index (χ3v) is 3.29. The van der Waals surface area contributed by atoms with Crippen molar-refractivity contribution in [2.45, 2.75) is 44.4 Å². The zero-order valence-corrected chi connectivity index (χ0v) is 11.6. The molecule has 5 N–H and O–H groups in total. The van der Waals surface area contributed by atoms with Crippen molar-refractivity contribution in [1.29, 1.82) is 0 Å². The van der Waals surface area contributed by atoms with Crippen molar-refractivity contribution in [2.24, 2.45) is 5.73 Å². The van der Waals surface area contributed by atoms with Crippen molar-refractivity contribution in [1.82, 2.24) is 10.2 Å². The van der Waals surface area contributed by atoms with Crippen molar-refractivity contribution in [2.75, 3.05) is 6.54 Å². The Morgan fingerprint density at radius 1 is 1.38 bits per heavy atom. The van der Waals surface area contributed by atoms with Crippen LogP contribution in [0.4, 0.5) is 0 Å². The Balaban J connectivity index is 2.70. The van der Waals surface area contributed by atoms with Crippen LogP contribution in [0.15, 0.2) is 0 Å². The molecule has 1 aliphatic rings. The maximum atomic E-state index is 12.1. The Hall–Kier alpha value is -2.16. The predicted octanol–water partition coefficient (Wildman–Crippen LogP) is -2.20. The molecule has 1 rings (SSSR count). The average Bonchev–Trinajstić information content (AvgIpc) is 2.76. The second-order valence-electron chi connectivity index (χ2n) is 4.97. The summed E-state index contributed by atoms with van der Waals surface area (Å²) in [6.07, 6.45) is -1.20. The second-order valence-corrected chi connectivity index (χ2v) is 4.97. The maximum Gasteiger partial charge on any atom is 0.303 e. The largest absolute Gasteiger partial charge is 0.481 e. The van der Waals surface area contributed by atoms with Gasteiger partial charge in [0, 0.05) is 26.3 Å². The monoisotopic (exact) mass is 301 g/mol. The van der Waals surface area contributed by atoms with Crippen LogP contribution in [-0.4, -0.2) is 63.5 Å². The van der Waals surface area contributed by atoms with Crippen LogP contribution in [0.5, 0.6) is 0 Å². The molecule has 0 bridgehead atoms. The number of amides is 3. The van der Waals surface area contributed by atoms with Gasteiger partial charge in [-0.15, -0.1) is 0 Å². The first kappa shape index (κ1) is 16.9. The number of rotatable bonds is 6. The molecule has 0 aliphatic carbocycles. The first-order chi connectivity index (χ1) is 9.72. The molecule has 3 atom stereocenters. The molecule has 0 radical (unpaired) electrons. The summed E-state index contributed by atoms with van der Waals surface area (Å²) < 4.78 is 0. The van der Waals surface area contributed by atoms with Crippen LogP contribution in [0.2, 0.25) is 0 Å². The molecule has 1 fully saturated rings. The highest BCUT2D eigenvalue weighted by atomic mass is 16.4. The van der Waals surface area contributed by atoms with E-state index in [9.17, 15) is 24.3 Å². The molecule has 1 aliphatic heterocycles. The van der Waals surface area contributed by atoms with Gasteiger partial charge in [-0.1, -0.05) is 0 Å². The Labute approximate surface area is 121 Å². The normalized spacial score (nSPS) is 22.7. The molecule has 0 aromatic carbocycles. The number of aliphatic carboxylic acids is 1. The molecule has 9 heteroatoms. The fraction of sp³-hybridized carbons (Fsp3) is 0.667. The van der Waals surface area contributed by atoms with E-state index in [4.69, 9.17) is 10.8 Å². The number of aliphatic hydroxyl groups is 1. The standard InChI is InChI=1S/C12H19N3O6/c1-6(16)15-5-7(17)4-9(15)12(21)14-8(11(13)20)2-3-10(18)19/h7-9,17H,2-5H2,1H3,(H2,13,20)(H,14,21)(H,18,19)/t7-,8-,9+/m1/s1. The number of carbonyl (C=O) groups excluding carboxylic acids is 3. The molecular formula is C12H19N3O6. The molecule has 21 heavy (non-hydrogen) atoms. The van der Waals surface area contributed by atoms with Gasteiger partial charge in [-0.25, -0.2) is 0 Å². The van der Waals surface area contributed by atoms with Gasteiger partial charge in [-0.3, -0.25) is 19.2 Å². The van der Waals surface area contributed by atoms with Crippen LogP contribution in [0.3, 0.4) is 0 Å². The SMILES string of the molecule is CC(=O)N1C[C@H](O)C[C@H]1C(=O)N[C@H](CCC(=O)O)C(N)=O. The van der Waals surface area contributed by atoms with E-state index >= 15 is 0 Å². The predicted molar refractivity (Wildman–Crippen MR) is 69.8 cm³/mol. The molecule has 1 heterocycles. The maximum absolute atomic E-state index is 12.1. The average molecular weight is 301 g/mol. The molecule has 0 aromatic rings. The van der Waals surface area contributed by atoms with Crippen LogP contribution in [0.1, 0.15) is 26.2 Å². The zero-order valence-electron chi connectivity index (χ0n) is 11.6. The van der Waals surface area contributed by atoms with Crippen molar-refractivity contribution in [3.63, 3.8) is 0 Å². The van der Waals surface area contributed by atoms with Crippen LogP contribution < -0.4 is 11.1 Å². The quantitative estimate of drug-likeness (QED) is 0.437. The van der Waals surface area contributed by atoms with Gasteiger partial charge in [-0.2, -0.15) is 0 Å². The number of likely N-dealkylation sites (tertiary alicyclic amines) is 1. The van der Waals surface area contributed by atoms with Crippen molar-refractivity contribution < 1.29 is 29.4 Å². The number of nitrogens with zero attached hydrogens (tertiary/aromatic N) is 1. The van der Waals surface area contributed by atoms with Crippen LogP contribution in [0, 0.1) is 0 Å². The summed E-state index contributed by atoms with van der Waals surface area (Å²) in [4.78, 5) is 46.4. The molecule has 3 amide bonds. The first-order valence-electron chi connectivity index (χ1n) is 6.49. The molecule has 0 spiro atoms. The fourth-order valence-corrected chi connectivity index (χ4v) is 2.23. The number of hydrogen-bond acceptors (Lipinski definition) is 5. The third-order valence-electron chi connectivity index (χ3n) is 3.29. The van der Waals surface area contributed by atoms with E-state index in [1.165, 1.54) is 11.8 Å². The zero-order chi connectivity index (χ0) is 16.2. The summed E-state index contributed by atoms with van der Waals surface area (Å²) in [7, 11) is 0. The number of nitrogens with two attached hydrogens (primary N) is 1. The van der Waals surface area contributed by atoms with Gasteiger partial charge >= 0.3 is 5.97 Å². The highest BCUT2D eigenvalue weighted by Crippen LogP contribution is 2.18. The molecule has 0 aromatic heterocycles. The third kappa shape index (κ3) is 4.71. The van der Waals surface area contributed by atoms with E-state index in [0.717, 1.165) is 0 Å². The van der Waals surface area contributed by atoms with Crippen molar-refractivity contribution in [3.8, 4) is 0 Å². The molecule has 0 unspecified atom stereocenters. The minimum Gasteiger partial charge on any atom is -0.481 e. The van der Waals surface area contributed by atoms with E-state index in [2.05, 4.69) is 5.32 Å². The highest BCUT2D eigenvalue weighted by molar-refractivity contribution is 5.91.